The summed E-state index contributed by atoms with van der Waals surface area (Å²) < 4.78 is 1.65. The number of hydrogen-bond acceptors (Lipinski definition) is 9. The molecule has 11 heteroatoms. The second-order valence-electron chi connectivity index (χ2n) is 9.59. The number of nitrogens with one attached hydrogen (secondary N) is 1. The van der Waals surface area contributed by atoms with E-state index in [-0.39, 0.29) is 5.91 Å². The lowest BCUT2D eigenvalue weighted by Crippen LogP contribution is -2.36. The molecule has 0 saturated carbocycles. The van der Waals surface area contributed by atoms with Crippen LogP contribution in [0.3, 0.4) is 0 Å². The van der Waals surface area contributed by atoms with Gasteiger partial charge >= 0.3 is 0 Å². The minimum absolute atomic E-state index is 0.287. The third-order valence-electron chi connectivity index (χ3n) is 5.96. The van der Waals surface area contributed by atoms with Crippen molar-refractivity contribution in [3.63, 3.8) is 0 Å². The molecule has 3 N–H and O–H groups in total. The second-order valence-corrected chi connectivity index (χ2v) is 10.4. The molecule has 1 saturated heterocycles. The van der Waals surface area contributed by atoms with Crippen LogP contribution in [0.2, 0.25) is 0 Å². The van der Waals surface area contributed by atoms with Crippen LogP contribution < -0.4 is 5.32 Å². The summed E-state index contributed by atoms with van der Waals surface area (Å²) in [5.41, 5.74) is 1.12. The third-order valence-corrected chi connectivity index (χ3v) is 6.83. The number of carbonyl (C=O) groups excluding carboxylic acids is 1. The zero-order valence-corrected chi connectivity index (χ0v) is 21.0. The number of benzene rings is 1. The minimum Gasteiger partial charge on any atom is -0.389 e. The van der Waals surface area contributed by atoms with E-state index in [2.05, 4.69) is 20.4 Å². The van der Waals surface area contributed by atoms with Gasteiger partial charge in [0.05, 0.1) is 29.7 Å². The van der Waals surface area contributed by atoms with Crippen LogP contribution in [-0.4, -0.2) is 64.9 Å². The first-order chi connectivity index (χ1) is 17.1. The van der Waals surface area contributed by atoms with Crippen LogP contribution in [0.15, 0.2) is 54.3 Å². The van der Waals surface area contributed by atoms with Crippen LogP contribution >= 0.6 is 11.3 Å². The fourth-order valence-electron chi connectivity index (χ4n) is 4.16. The van der Waals surface area contributed by atoms with E-state index in [4.69, 9.17) is 4.98 Å². The lowest BCUT2D eigenvalue weighted by Gasteiger charge is -2.21. The Labute approximate surface area is 212 Å². The van der Waals surface area contributed by atoms with Gasteiger partial charge in [-0.25, -0.2) is 15.0 Å². The number of carbonyl (C=O) groups is 1. The van der Waals surface area contributed by atoms with Crippen LogP contribution in [0.1, 0.15) is 25.8 Å². The van der Waals surface area contributed by atoms with E-state index in [9.17, 15) is 15.0 Å². The third kappa shape index (κ3) is 4.85. The average Bonchev–Trinajstić information content (AvgIpc) is 3.56. The molecule has 1 unspecified atom stereocenters. The molecule has 1 amide bonds. The van der Waals surface area contributed by atoms with E-state index in [0.29, 0.717) is 47.4 Å². The van der Waals surface area contributed by atoms with Gasteiger partial charge in [-0.2, -0.15) is 5.10 Å². The summed E-state index contributed by atoms with van der Waals surface area (Å²) in [5, 5.41) is 31.0. The molecule has 0 radical (unpaired) electrons. The highest BCUT2D eigenvalue weighted by molar-refractivity contribution is 7.13. The minimum atomic E-state index is -1.50. The van der Waals surface area contributed by atoms with E-state index in [0.717, 1.165) is 11.3 Å². The van der Waals surface area contributed by atoms with Crippen LogP contribution in [0.5, 0.6) is 0 Å². The molecule has 4 heterocycles. The predicted octanol–water partition coefficient (Wildman–Crippen LogP) is 3.03. The molecule has 0 bridgehead atoms. The molecule has 1 aliphatic rings. The maximum Gasteiger partial charge on any atom is 0.258 e. The van der Waals surface area contributed by atoms with Crippen LogP contribution in [0.25, 0.3) is 22.0 Å². The number of likely N-dealkylation sites (tertiary alicyclic amines) is 1. The highest BCUT2D eigenvalue weighted by atomic mass is 32.1. The average molecular weight is 506 g/mol. The maximum atomic E-state index is 12.5. The van der Waals surface area contributed by atoms with E-state index >= 15 is 0 Å². The van der Waals surface area contributed by atoms with Gasteiger partial charge in [0.1, 0.15) is 10.7 Å². The molecular formula is C25H27N7O3S. The van der Waals surface area contributed by atoms with E-state index in [1.807, 2.05) is 23.6 Å². The number of aliphatic hydroxyl groups is 2. The van der Waals surface area contributed by atoms with Gasteiger partial charge in [-0.05, 0) is 31.5 Å². The Kier molecular flexibility index (Phi) is 6.07. The Morgan fingerprint density at radius 2 is 2.06 bits per heavy atom. The Bertz CT molecular complexity index is 1410. The molecule has 5 rings (SSSR count). The second kappa shape index (κ2) is 9.08. The molecule has 1 aliphatic heterocycles. The van der Waals surface area contributed by atoms with Gasteiger partial charge in [-0.3, -0.25) is 9.48 Å². The molecular weight excluding hydrogens is 478 g/mol. The molecule has 4 aromatic rings. The van der Waals surface area contributed by atoms with Crippen LogP contribution in [0.4, 0.5) is 11.6 Å². The van der Waals surface area contributed by atoms with Gasteiger partial charge in [0.2, 0.25) is 5.95 Å². The first-order valence-electron chi connectivity index (χ1n) is 11.5. The number of likely N-dealkylation sites (N-methyl/N-ethyl adjacent to an activating group) is 1. The van der Waals surface area contributed by atoms with Gasteiger partial charge in [0.15, 0.2) is 5.60 Å². The Morgan fingerprint density at radius 1 is 1.22 bits per heavy atom. The Morgan fingerprint density at radius 3 is 2.81 bits per heavy atom. The maximum absolute atomic E-state index is 12.5. The van der Waals surface area contributed by atoms with Gasteiger partial charge in [-0.1, -0.05) is 18.2 Å². The van der Waals surface area contributed by atoms with Crippen molar-refractivity contribution in [2.75, 3.05) is 18.9 Å². The molecule has 0 aliphatic carbocycles. The van der Waals surface area contributed by atoms with Crippen LogP contribution in [-0.2, 0) is 16.9 Å². The van der Waals surface area contributed by atoms with Crippen molar-refractivity contribution < 1.29 is 15.0 Å². The van der Waals surface area contributed by atoms with E-state index in [1.165, 1.54) is 11.3 Å². The Balaban J connectivity index is 1.35. The van der Waals surface area contributed by atoms with Crippen molar-refractivity contribution in [3.05, 3.63) is 59.9 Å². The highest BCUT2D eigenvalue weighted by Crippen LogP contribution is 2.35. The number of anilines is 2. The number of thiazole rings is 1. The summed E-state index contributed by atoms with van der Waals surface area (Å²) >= 11 is 1.45. The highest BCUT2D eigenvalue weighted by Gasteiger charge is 2.45. The van der Waals surface area contributed by atoms with E-state index in [1.54, 1.807) is 61.2 Å². The topological polar surface area (TPSA) is 129 Å². The first kappa shape index (κ1) is 24.0. The quantitative estimate of drug-likeness (QED) is 0.350. The largest absolute Gasteiger partial charge is 0.389 e. The summed E-state index contributed by atoms with van der Waals surface area (Å²) in [6, 6.07) is 9.14. The molecule has 0 spiro atoms. The molecule has 36 heavy (non-hydrogen) atoms. The van der Waals surface area contributed by atoms with Crippen LogP contribution in [0, 0.1) is 0 Å². The number of rotatable bonds is 7. The van der Waals surface area contributed by atoms with Crippen molar-refractivity contribution in [3.8, 4) is 22.0 Å². The Hall–Kier alpha value is -3.67. The standard InChI is InChI=1S/C25H27N7O3S/c1-24(2,34)15-32-13-18(12-27-32)28-23-26-9-7-19(30-23)21-29-20(14-36-21)16-5-4-6-17(11-16)25(35)8-10-31(3)22(25)33/h4-7,9,11-14,34-35H,8,10,15H2,1-3H3,(H,26,28,30). The zero-order valence-electron chi connectivity index (χ0n) is 20.2. The van der Waals surface area contributed by atoms with Crippen molar-refractivity contribution in [2.45, 2.75) is 38.0 Å². The number of amides is 1. The van der Waals surface area contributed by atoms with Gasteiger partial charge in [-0.15, -0.1) is 11.3 Å². The van der Waals surface area contributed by atoms with Gasteiger partial charge in [0, 0.05) is 43.4 Å². The van der Waals surface area contributed by atoms with Crippen molar-refractivity contribution in [1.82, 2.24) is 29.6 Å². The number of nitrogens with zero attached hydrogens (tertiary/aromatic N) is 6. The fourth-order valence-corrected chi connectivity index (χ4v) is 4.96. The summed E-state index contributed by atoms with van der Waals surface area (Å²) in [6.45, 7) is 4.33. The molecule has 1 aromatic carbocycles. The first-order valence-corrected chi connectivity index (χ1v) is 12.4. The normalized spacial score (nSPS) is 18.1. The van der Waals surface area contributed by atoms with Gasteiger partial charge in [0.25, 0.3) is 5.91 Å². The summed E-state index contributed by atoms with van der Waals surface area (Å²) in [4.78, 5) is 27.7. The summed E-state index contributed by atoms with van der Waals surface area (Å²) in [7, 11) is 1.70. The lowest BCUT2D eigenvalue weighted by molar-refractivity contribution is -0.143. The molecule has 1 atom stereocenters. The molecule has 186 valence electrons. The van der Waals surface area contributed by atoms with Crippen molar-refractivity contribution in [2.24, 2.45) is 0 Å². The molecule has 10 nitrogen and oxygen atoms in total. The molecule has 3 aromatic heterocycles. The van der Waals surface area contributed by atoms with Gasteiger partial charge < -0.3 is 20.4 Å². The lowest BCUT2D eigenvalue weighted by atomic mass is 9.90. The van der Waals surface area contributed by atoms with Crippen molar-refractivity contribution in [1.29, 1.82) is 0 Å². The summed E-state index contributed by atoms with van der Waals surface area (Å²) in [6.07, 6.45) is 5.45. The number of hydrogen-bond donors (Lipinski definition) is 3. The summed E-state index contributed by atoms with van der Waals surface area (Å²) in [5.74, 6) is 0.116. The zero-order chi connectivity index (χ0) is 25.5. The fraction of sp³-hybridized carbons (Fsp3) is 0.320. The SMILES string of the molecule is CN1CCC(O)(c2cccc(-c3csc(-c4ccnc(Nc5cnn(CC(C)(C)O)c5)n4)n3)c2)C1=O. The monoisotopic (exact) mass is 505 g/mol. The number of aromatic nitrogens is 5. The smallest absolute Gasteiger partial charge is 0.258 e. The molecule has 1 fully saturated rings. The van der Waals surface area contributed by atoms with Crippen molar-refractivity contribution >= 4 is 28.9 Å². The van der Waals surface area contributed by atoms with E-state index < -0.39 is 11.2 Å². The predicted molar refractivity (Wildman–Crippen MR) is 137 cm³/mol.